The number of aromatic nitrogens is 1. The van der Waals surface area contributed by atoms with Gasteiger partial charge in [-0.05, 0) is 36.5 Å². The molecule has 0 bridgehead atoms. The average molecular weight is 431 g/mol. The van der Waals surface area contributed by atoms with E-state index in [1.807, 2.05) is 54.6 Å². The highest BCUT2D eigenvalue weighted by molar-refractivity contribution is 6.04. The number of nitrogen functional groups attached to an aromatic ring is 1. The fourth-order valence-electron chi connectivity index (χ4n) is 4.36. The number of pyridine rings is 1. The SMILES string of the molecule is C=Cc1c(NN)ncc(NC(=O)c2ccccccccc2)c1C1CCCCCCCC1. The topological polar surface area (TPSA) is 80.0 Å². The Hall–Kier alpha value is -3.18. The number of nitrogens with two attached hydrogens (primary N) is 1. The van der Waals surface area contributed by atoms with Gasteiger partial charge in [0.2, 0.25) is 0 Å². The first-order valence-corrected chi connectivity index (χ1v) is 11.6. The largest absolute Gasteiger partial charge is 0.320 e. The summed E-state index contributed by atoms with van der Waals surface area (Å²) < 4.78 is 0. The van der Waals surface area contributed by atoms with Gasteiger partial charge in [-0.15, -0.1) is 0 Å². The van der Waals surface area contributed by atoms with Crippen molar-refractivity contribution >= 4 is 23.5 Å². The first kappa shape index (κ1) is 23.5. The molecule has 1 aliphatic rings. The molecule has 1 aliphatic carbocycles. The molecule has 0 aliphatic heterocycles. The molecule has 5 nitrogen and oxygen atoms in total. The van der Waals surface area contributed by atoms with Crippen molar-refractivity contribution < 1.29 is 4.79 Å². The summed E-state index contributed by atoms with van der Waals surface area (Å²) in [5, 5.41) is 3.13. The fraction of sp³-hybridized carbons (Fsp3) is 0.333. The van der Waals surface area contributed by atoms with Crippen LogP contribution in [0.3, 0.4) is 0 Å². The number of anilines is 2. The van der Waals surface area contributed by atoms with E-state index in [1.165, 1.54) is 38.5 Å². The lowest BCUT2D eigenvalue weighted by Gasteiger charge is -2.24. The van der Waals surface area contributed by atoms with Gasteiger partial charge in [-0.1, -0.05) is 93.6 Å². The third kappa shape index (κ3) is 6.41. The Kier molecular flexibility index (Phi) is 9.26. The number of hydrogen-bond acceptors (Lipinski definition) is 4. The quantitative estimate of drug-likeness (QED) is 0.368. The molecule has 0 saturated heterocycles. The first-order chi connectivity index (χ1) is 15.7. The molecule has 32 heavy (non-hydrogen) atoms. The summed E-state index contributed by atoms with van der Waals surface area (Å²) in [6.07, 6.45) is 13.1. The van der Waals surface area contributed by atoms with E-state index < -0.39 is 0 Å². The van der Waals surface area contributed by atoms with E-state index in [4.69, 9.17) is 5.84 Å². The van der Waals surface area contributed by atoms with Crippen molar-refractivity contribution in [1.29, 1.82) is 0 Å². The second-order valence-electron chi connectivity index (χ2n) is 8.18. The monoisotopic (exact) mass is 430 g/mol. The van der Waals surface area contributed by atoms with Crippen LogP contribution in [0.4, 0.5) is 11.5 Å². The lowest BCUT2D eigenvalue weighted by atomic mass is 9.85. The van der Waals surface area contributed by atoms with Crippen molar-refractivity contribution in [1.82, 2.24) is 4.98 Å². The summed E-state index contributed by atoms with van der Waals surface area (Å²) in [5.74, 6) is 6.50. The molecule has 2 aromatic rings. The molecule has 0 spiro atoms. The van der Waals surface area contributed by atoms with Crippen molar-refractivity contribution in [2.24, 2.45) is 5.84 Å². The van der Waals surface area contributed by atoms with Gasteiger partial charge in [0.25, 0.3) is 5.91 Å². The van der Waals surface area contributed by atoms with E-state index in [-0.39, 0.29) is 5.91 Å². The Balaban J connectivity index is 2.00. The molecular weight excluding hydrogens is 396 g/mol. The Morgan fingerprint density at radius 1 is 0.938 bits per heavy atom. The third-order valence-corrected chi connectivity index (χ3v) is 5.99. The maximum Gasteiger partial charge on any atom is 0.255 e. The first-order valence-electron chi connectivity index (χ1n) is 11.6. The summed E-state index contributed by atoms with van der Waals surface area (Å²) in [4.78, 5) is 17.6. The number of hydrogen-bond donors (Lipinski definition) is 3. The molecule has 0 radical (unpaired) electrons. The minimum atomic E-state index is -0.168. The van der Waals surface area contributed by atoms with E-state index >= 15 is 0 Å². The molecule has 1 aromatic carbocycles. The zero-order chi connectivity index (χ0) is 22.6. The lowest BCUT2D eigenvalue weighted by Crippen LogP contribution is -2.18. The van der Waals surface area contributed by atoms with Crippen molar-refractivity contribution in [3.8, 4) is 0 Å². The lowest BCUT2D eigenvalue weighted by molar-refractivity contribution is 0.102. The number of nitrogens with one attached hydrogen (secondary N) is 2. The second-order valence-corrected chi connectivity index (χ2v) is 8.18. The number of carbonyl (C=O) groups is 1. The van der Waals surface area contributed by atoms with E-state index in [0.717, 1.165) is 29.7 Å². The Bertz CT molecular complexity index is 936. The molecule has 3 rings (SSSR count). The highest BCUT2D eigenvalue weighted by Gasteiger charge is 2.23. The van der Waals surface area contributed by atoms with Gasteiger partial charge in [0, 0.05) is 11.1 Å². The molecule has 4 N–H and O–H groups in total. The Morgan fingerprint density at radius 3 is 2.06 bits per heavy atom. The van der Waals surface area contributed by atoms with Crippen molar-refractivity contribution in [2.45, 2.75) is 57.3 Å². The molecule has 1 heterocycles. The van der Waals surface area contributed by atoms with E-state index in [0.29, 0.717) is 17.3 Å². The van der Waals surface area contributed by atoms with Crippen LogP contribution in [-0.2, 0) is 0 Å². The number of amides is 1. The summed E-state index contributed by atoms with van der Waals surface area (Å²) in [6.45, 7) is 4.01. The smallest absolute Gasteiger partial charge is 0.255 e. The number of carbonyl (C=O) groups excluding carboxylic acids is 1. The predicted octanol–water partition coefficient (Wildman–Crippen LogP) is 6.60. The van der Waals surface area contributed by atoms with Crippen LogP contribution in [0, 0.1) is 0 Å². The maximum atomic E-state index is 13.2. The number of nitrogens with zero attached hydrogens (tertiary/aromatic N) is 1. The number of hydrazine groups is 1. The van der Waals surface area contributed by atoms with Crippen molar-refractivity contribution in [2.75, 3.05) is 10.7 Å². The standard InChI is InChI=1S/C27H34N4O/c1-2-23-25(21-16-12-8-6-7-9-13-17-21)24(20-29-26(23)31-28)30-27(32)22-18-14-10-4-3-5-11-15-19-22/h2-5,10-11,14-15,18-21H,1,6-9,12-13,16-17,28H2,(H,29,31)(H,30,32). The normalized spacial score (nSPS) is 14.8. The van der Waals surface area contributed by atoms with Crippen molar-refractivity contribution in [3.05, 3.63) is 84.1 Å². The van der Waals surface area contributed by atoms with Crippen LogP contribution in [0.15, 0.2) is 67.4 Å². The minimum Gasteiger partial charge on any atom is -0.320 e. The summed E-state index contributed by atoms with van der Waals surface area (Å²) in [6, 6.07) is 17.0. The minimum absolute atomic E-state index is 0.168. The van der Waals surface area contributed by atoms with Crippen LogP contribution >= 0.6 is 0 Å². The number of rotatable bonds is 5. The zero-order valence-corrected chi connectivity index (χ0v) is 18.7. The summed E-state index contributed by atoms with van der Waals surface area (Å²) in [5.41, 5.74) is 5.96. The molecule has 0 atom stereocenters. The van der Waals surface area contributed by atoms with E-state index in [9.17, 15) is 4.79 Å². The fourth-order valence-corrected chi connectivity index (χ4v) is 4.36. The Labute approximate surface area is 191 Å². The molecular formula is C27H34N4O. The van der Waals surface area contributed by atoms with Crippen LogP contribution in [-0.4, -0.2) is 10.9 Å². The molecule has 1 fully saturated rings. The molecule has 0 unspecified atom stereocenters. The van der Waals surface area contributed by atoms with Gasteiger partial charge in [-0.3, -0.25) is 4.79 Å². The Morgan fingerprint density at radius 2 is 1.50 bits per heavy atom. The molecule has 168 valence electrons. The maximum absolute atomic E-state index is 13.2. The van der Waals surface area contributed by atoms with Crippen LogP contribution in [0.25, 0.3) is 6.08 Å². The van der Waals surface area contributed by atoms with Gasteiger partial charge in [-0.25, -0.2) is 10.8 Å². The van der Waals surface area contributed by atoms with Crippen LogP contribution < -0.4 is 16.6 Å². The average Bonchev–Trinajstić information content (AvgIpc) is 2.96. The molecule has 1 aromatic heterocycles. The van der Waals surface area contributed by atoms with Gasteiger partial charge >= 0.3 is 0 Å². The predicted molar refractivity (Wildman–Crippen MR) is 134 cm³/mol. The zero-order valence-electron chi connectivity index (χ0n) is 18.7. The second kappa shape index (κ2) is 12.6. The summed E-state index contributed by atoms with van der Waals surface area (Å²) in [7, 11) is 0. The van der Waals surface area contributed by atoms with Crippen molar-refractivity contribution in [3.63, 3.8) is 0 Å². The summed E-state index contributed by atoms with van der Waals surface area (Å²) >= 11 is 0. The van der Waals surface area contributed by atoms with E-state index in [2.05, 4.69) is 22.3 Å². The van der Waals surface area contributed by atoms with Gasteiger partial charge in [0.05, 0.1) is 11.9 Å². The van der Waals surface area contributed by atoms with Crippen LogP contribution in [0.2, 0.25) is 0 Å². The third-order valence-electron chi connectivity index (χ3n) is 5.99. The van der Waals surface area contributed by atoms with Crippen LogP contribution in [0.5, 0.6) is 0 Å². The van der Waals surface area contributed by atoms with Gasteiger partial charge < -0.3 is 10.7 Å². The molecule has 5 heteroatoms. The molecule has 1 amide bonds. The van der Waals surface area contributed by atoms with E-state index in [1.54, 1.807) is 12.3 Å². The highest BCUT2D eigenvalue weighted by atomic mass is 16.1. The van der Waals surface area contributed by atoms with Gasteiger partial charge in [0.15, 0.2) is 0 Å². The van der Waals surface area contributed by atoms with Gasteiger partial charge in [-0.2, -0.15) is 0 Å². The van der Waals surface area contributed by atoms with Gasteiger partial charge in [0.1, 0.15) is 5.82 Å². The highest BCUT2D eigenvalue weighted by Crippen LogP contribution is 2.39. The molecule has 1 saturated carbocycles. The van der Waals surface area contributed by atoms with Crippen LogP contribution in [0.1, 0.15) is 78.8 Å².